The van der Waals surface area contributed by atoms with Gasteiger partial charge in [0, 0.05) is 26.2 Å². The van der Waals surface area contributed by atoms with Gasteiger partial charge in [0.05, 0.1) is 0 Å². The maximum atomic E-state index is 6.48. The van der Waals surface area contributed by atoms with E-state index in [-0.39, 0.29) is 0 Å². The van der Waals surface area contributed by atoms with E-state index in [9.17, 15) is 0 Å². The normalized spacial score (nSPS) is 24.0. The van der Waals surface area contributed by atoms with E-state index < -0.39 is 14.5 Å². The van der Waals surface area contributed by atoms with Crippen LogP contribution in [0.5, 0.6) is 0 Å². The molecule has 1 aliphatic rings. The highest BCUT2D eigenvalue weighted by Crippen LogP contribution is 2.39. The first kappa shape index (κ1) is 21.1. The second-order valence-electron chi connectivity index (χ2n) is 6.37. The monoisotopic (exact) mass is 346 g/mol. The zero-order valence-electron chi connectivity index (χ0n) is 15.8. The molecular weight excluding hydrogens is 308 g/mol. The Morgan fingerprint density at radius 3 is 2.13 bits per heavy atom. The minimum Gasteiger partial charge on any atom is -0.394 e. The van der Waals surface area contributed by atoms with E-state index in [2.05, 4.69) is 13.8 Å². The van der Waals surface area contributed by atoms with Gasteiger partial charge >= 0.3 is 8.56 Å². The summed E-state index contributed by atoms with van der Waals surface area (Å²) in [6.07, 6.45) is 9.68. The zero-order chi connectivity index (χ0) is 17.0. The molecule has 0 saturated carbocycles. The minimum absolute atomic E-state index is 0.605. The van der Waals surface area contributed by atoms with Crippen molar-refractivity contribution in [2.45, 2.75) is 97.1 Å². The predicted molar refractivity (Wildman–Crippen MR) is 96.7 cm³/mol. The maximum absolute atomic E-state index is 6.48. The average Bonchev–Trinajstić information content (AvgIpc) is 2.52. The first-order valence-corrected chi connectivity index (χ1v) is 12.0. The largest absolute Gasteiger partial charge is 0.394 e. The van der Waals surface area contributed by atoms with Crippen LogP contribution >= 0.6 is 0 Å². The Hall–Kier alpha value is 0.0569. The fourth-order valence-corrected chi connectivity index (χ4v) is 7.05. The molecule has 0 aromatic heterocycles. The molecule has 1 aliphatic heterocycles. The van der Waals surface area contributed by atoms with Gasteiger partial charge in [-0.25, -0.2) is 0 Å². The second kappa shape index (κ2) is 11.6. The summed E-state index contributed by atoms with van der Waals surface area (Å²) < 4.78 is 24.4. The summed E-state index contributed by atoms with van der Waals surface area (Å²) >= 11 is 0. The van der Waals surface area contributed by atoms with Crippen LogP contribution in [0.15, 0.2) is 0 Å². The summed E-state index contributed by atoms with van der Waals surface area (Å²) in [6, 6.07) is 2.13. The Bertz CT molecular complexity index is 285. The van der Waals surface area contributed by atoms with Crippen LogP contribution in [-0.4, -0.2) is 34.4 Å². The van der Waals surface area contributed by atoms with Crippen molar-refractivity contribution >= 4 is 8.56 Å². The van der Waals surface area contributed by atoms with Crippen molar-refractivity contribution in [2.75, 3.05) is 19.8 Å². The quantitative estimate of drug-likeness (QED) is 0.255. The van der Waals surface area contributed by atoms with E-state index in [1.54, 1.807) is 0 Å². The summed E-state index contributed by atoms with van der Waals surface area (Å²) in [7, 11) is -2.21. The van der Waals surface area contributed by atoms with Crippen LogP contribution in [0.1, 0.15) is 79.1 Å². The minimum atomic E-state index is -2.21. The number of unbranched alkanes of at least 4 members (excludes halogenated alkanes) is 5. The summed E-state index contributed by atoms with van der Waals surface area (Å²) in [5.41, 5.74) is 0. The molecule has 1 saturated heterocycles. The van der Waals surface area contributed by atoms with Crippen LogP contribution < -0.4 is 0 Å². The van der Waals surface area contributed by atoms with Gasteiger partial charge in [0.2, 0.25) is 0 Å². The first-order chi connectivity index (χ1) is 11.2. The highest BCUT2D eigenvalue weighted by Gasteiger charge is 2.50. The van der Waals surface area contributed by atoms with E-state index >= 15 is 0 Å². The van der Waals surface area contributed by atoms with E-state index in [4.69, 9.17) is 18.3 Å². The average molecular weight is 347 g/mol. The summed E-state index contributed by atoms with van der Waals surface area (Å²) in [5, 5.41) is 0. The molecule has 4 nitrogen and oxygen atoms in total. The lowest BCUT2D eigenvalue weighted by Crippen LogP contribution is -2.56. The highest BCUT2D eigenvalue weighted by atomic mass is 28.4. The van der Waals surface area contributed by atoms with Gasteiger partial charge in [-0.3, -0.25) is 0 Å². The number of rotatable bonds is 13. The van der Waals surface area contributed by atoms with Crippen molar-refractivity contribution in [3.63, 3.8) is 0 Å². The molecular formula is C18H38O4Si. The van der Waals surface area contributed by atoms with Crippen molar-refractivity contribution in [1.82, 2.24) is 0 Å². The van der Waals surface area contributed by atoms with E-state index in [1.807, 2.05) is 13.8 Å². The van der Waals surface area contributed by atoms with Gasteiger partial charge in [-0.15, -0.1) is 0 Å². The SMILES string of the molecule is CCCCCCCC[Si]1(OCC)CCCC(OCC)(OCC)O1. The Morgan fingerprint density at radius 1 is 0.870 bits per heavy atom. The lowest BCUT2D eigenvalue weighted by atomic mass is 10.1. The highest BCUT2D eigenvalue weighted by molar-refractivity contribution is 6.67. The van der Waals surface area contributed by atoms with E-state index in [0.29, 0.717) is 13.2 Å². The van der Waals surface area contributed by atoms with Crippen molar-refractivity contribution in [3.05, 3.63) is 0 Å². The third-order valence-corrected chi connectivity index (χ3v) is 8.16. The Balaban J connectivity index is 2.59. The molecule has 1 rings (SSSR count). The summed E-state index contributed by atoms with van der Waals surface area (Å²) in [6.45, 7) is 10.2. The van der Waals surface area contributed by atoms with Gasteiger partial charge in [-0.2, -0.15) is 0 Å². The van der Waals surface area contributed by atoms with Gasteiger partial charge in [0.15, 0.2) is 0 Å². The lowest BCUT2D eigenvalue weighted by molar-refractivity contribution is -0.358. The maximum Gasteiger partial charge on any atom is 0.342 e. The molecule has 0 aromatic carbocycles. The van der Waals surface area contributed by atoms with Crippen LogP contribution in [0, 0.1) is 0 Å². The molecule has 23 heavy (non-hydrogen) atoms. The predicted octanol–water partition coefficient (Wildman–Crippen LogP) is 5.36. The number of hydrogen-bond donors (Lipinski definition) is 0. The summed E-state index contributed by atoms with van der Waals surface area (Å²) in [5.74, 6) is -0.856. The second-order valence-corrected chi connectivity index (χ2v) is 9.68. The van der Waals surface area contributed by atoms with Crippen LogP contribution in [0.3, 0.4) is 0 Å². The van der Waals surface area contributed by atoms with Gasteiger partial charge in [0.1, 0.15) is 0 Å². The molecule has 5 heteroatoms. The molecule has 0 aliphatic carbocycles. The number of ether oxygens (including phenoxy) is 2. The van der Waals surface area contributed by atoms with Gasteiger partial charge < -0.3 is 18.3 Å². The van der Waals surface area contributed by atoms with Gasteiger partial charge in [-0.05, 0) is 39.3 Å². The van der Waals surface area contributed by atoms with E-state index in [0.717, 1.165) is 31.5 Å². The Kier molecular flexibility index (Phi) is 10.6. The molecule has 138 valence electrons. The molecule has 0 aromatic rings. The van der Waals surface area contributed by atoms with Crippen molar-refractivity contribution in [3.8, 4) is 0 Å². The van der Waals surface area contributed by atoms with Gasteiger partial charge in [-0.1, -0.05) is 45.4 Å². The standard InChI is InChI=1S/C18H38O4Si/c1-5-9-10-11-12-13-16-23(21-8-4)17-14-15-18(22-23,19-6-2)20-7-3/h5-17H2,1-4H3. The summed E-state index contributed by atoms with van der Waals surface area (Å²) in [4.78, 5) is 0. The fraction of sp³-hybridized carbons (Fsp3) is 1.00. The molecule has 0 amide bonds. The van der Waals surface area contributed by atoms with E-state index in [1.165, 1.54) is 38.5 Å². The third-order valence-electron chi connectivity index (χ3n) is 4.43. The van der Waals surface area contributed by atoms with Crippen LogP contribution in [0.25, 0.3) is 0 Å². The Morgan fingerprint density at radius 2 is 1.52 bits per heavy atom. The molecule has 1 heterocycles. The van der Waals surface area contributed by atoms with Crippen LogP contribution in [-0.2, 0) is 18.3 Å². The smallest absolute Gasteiger partial charge is 0.342 e. The van der Waals surface area contributed by atoms with Crippen LogP contribution in [0.4, 0.5) is 0 Å². The Labute approximate surface area is 144 Å². The lowest BCUT2D eigenvalue weighted by Gasteiger charge is -2.45. The molecule has 1 unspecified atom stereocenters. The molecule has 0 spiro atoms. The topological polar surface area (TPSA) is 36.9 Å². The van der Waals surface area contributed by atoms with Crippen molar-refractivity contribution in [1.29, 1.82) is 0 Å². The molecule has 0 bridgehead atoms. The molecule has 1 fully saturated rings. The van der Waals surface area contributed by atoms with Crippen molar-refractivity contribution in [2.24, 2.45) is 0 Å². The number of hydrogen-bond acceptors (Lipinski definition) is 4. The molecule has 0 radical (unpaired) electrons. The van der Waals surface area contributed by atoms with Gasteiger partial charge in [0.25, 0.3) is 5.97 Å². The molecule has 1 atom stereocenters. The first-order valence-electron chi connectivity index (χ1n) is 9.78. The van der Waals surface area contributed by atoms with Crippen molar-refractivity contribution < 1.29 is 18.3 Å². The third kappa shape index (κ3) is 7.22. The van der Waals surface area contributed by atoms with Crippen LogP contribution in [0.2, 0.25) is 12.1 Å². The fourth-order valence-electron chi connectivity index (χ4n) is 3.43. The molecule has 0 N–H and O–H groups in total. The zero-order valence-corrected chi connectivity index (χ0v) is 16.8.